The number of nitrogens with two attached hydrogens (primary N) is 1. The number of hydrogen-bond acceptors (Lipinski definition) is 3. The molecule has 0 radical (unpaired) electrons. The molecule has 1 aromatic heterocycles. The third-order valence-electron chi connectivity index (χ3n) is 3.28. The van der Waals surface area contributed by atoms with Gasteiger partial charge in [-0.1, -0.05) is 12.5 Å². The molecule has 2 rings (SSSR count). The summed E-state index contributed by atoms with van der Waals surface area (Å²) >= 11 is 0. The van der Waals surface area contributed by atoms with Crippen molar-refractivity contribution in [2.75, 3.05) is 19.3 Å². The number of rotatable bonds is 1. The lowest BCUT2D eigenvalue weighted by Crippen LogP contribution is -2.30. The van der Waals surface area contributed by atoms with Crippen molar-refractivity contribution in [1.29, 1.82) is 0 Å². The first-order valence-electron chi connectivity index (χ1n) is 5.62. The Morgan fingerprint density at radius 1 is 1.40 bits per heavy atom. The van der Waals surface area contributed by atoms with Gasteiger partial charge in [-0.3, -0.25) is 4.90 Å². The minimum atomic E-state index is 0.534. The SMILES string of the molecule is Cc1nc(N)ccc1C1CCCCN1C. The highest BCUT2D eigenvalue weighted by Crippen LogP contribution is 2.30. The zero-order chi connectivity index (χ0) is 10.8. The minimum absolute atomic E-state index is 0.534. The van der Waals surface area contributed by atoms with E-state index in [1.807, 2.05) is 13.0 Å². The molecule has 3 nitrogen and oxygen atoms in total. The van der Waals surface area contributed by atoms with Gasteiger partial charge in [0.05, 0.1) is 0 Å². The van der Waals surface area contributed by atoms with E-state index in [9.17, 15) is 0 Å². The van der Waals surface area contributed by atoms with Crippen molar-refractivity contribution in [1.82, 2.24) is 9.88 Å². The summed E-state index contributed by atoms with van der Waals surface area (Å²) in [5.74, 6) is 0.620. The number of piperidine rings is 1. The monoisotopic (exact) mass is 205 g/mol. The first-order chi connectivity index (χ1) is 7.18. The van der Waals surface area contributed by atoms with Gasteiger partial charge in [-0.25, -0.2) is 4.98 Å². The van der Waals surface area contributed by atoms with Gasteiger partial charge in [-0.05, 0) is 45.0 Å². The lowest BCUT2D eigenvalue weighted by Gasteiger charge is -2.33. The Morgan fingerprint density at radius 2 is 2.20 bits per heavy atom. The molecule has 0 amide bonds. The van der Waals surface area contributed by atoms with E-state index in [1.165, 1.54) is 31.4 Å². The van der Waals surface area contributed by atoms with Crippen LogP contribution in [0, 0.1) is 6.92 Å². The average molecular weight is 205 g/mol. The van der Waals surface area contributed by atoms with E-state index in [0.717, 1.165) is 5.69 Å². The number of pyridine rings is 1. The number of aryl methyl sites for hydroxylation is 1. The first-order valence-corrected chi connectivity index (χ1v) is 5.62. The lowest BCUT2D eigenvalue weighted by molar-refractivity contribution is 0.186. The summed E-state index contributed by atoms with van der Waals surface area (Å²) in [7, 11) is 2.19. The molecule has 15 heavy (non-hydrogen) atoms. The zero-order valence-corrected chi connectivity index (χ0v) is 9.53. The van der Waals surface area contributed by atoms with Crippen LogP contribution in [0.1, 0.15) is 36.6 Å². The van der Waals surface area contributed by atoms with E-state index in [0.29, 0.717) is 11.9 Å². The fourth-order valence-corrected chi connectivity index (χ4v) is 2.41. The average Bonchev–Trinajstić information content (AvgIpc) is 2.20. The van der Waals surface area contributed by atoms with E-state index in [4.69, 9.17) is 5.73 Å². The van der Waals surface area contributed by atoms with Crippen LogP contribution in [0.2, 0.25) is 0 Å². The van der Waals surface area contributed by atoms with Crippen LogP contribution in [-0.4, -0.2) is 23.5 Å². The number of anilines is 1. The molecule has 0 aliphatic carbocycles. The van der Waals surface area contributed by atoms with Gasteiger partial charge in [-0.15, -0.1) is 0 Å². The maximum Gasteiger partial charge on any atom is 0.123 e. The van der Waals surface area contributed by atoms with Crippen molar-refractivity contribution >= 4 is 5.82 Å². The fourth-order valence-electron chi connectivity index (χ4n) is 2.41. The van der Waals surface area contributed by atoms with E-state index in [2.05, 4.69) is 23.0 Å². The molecule has 2 N–H and O–H groups in total. The Kier molecular flexibility index (Phi) is 2.91. The van der Waals surface area contributed by atoms with Crippen LogP contribution < -0.4 is 5.73 Å². The molecule has 82 valence electrons. The van der Waals surface area contributed by atoms with Gasteiger partial charge in [0.25, 0.3) is 0 Å². The molecule has 0 saturated carbocycles. The van der Waals surface area contributed by atoms with Gasteiger partial charge in [-0.2, -0.15) is 0 Å². The summed E-state index contributed by atoms with van der Waals surface area (Å²) in [5.41, 5.74) is 8.08. The summed E-state index contributed by atoms with van der Waals surface area (Å²) < 4.78 is 0. The van der Waals surface area contributed by atoms with Gasteiger partial charge >= 0.3 is 0 Å². The van der Waals surface area contributed by atoms with Crippen LogP contribution in [0.3, 0.4) is 0 Å². The van der Waals surface area contributed by atoms with Crippen LogP contribution in [0.5, 0.6) is 0 Å². The Morgan fingerprint density at radius 3 is 2.87 bits per heavy atom. The summed E-state index contributed by atoms with van der Waals surface area (Å²) in [6.45, 7) is 3.24. The Bertz CT molecular complexity index is 349. The van der Waals surface area contributed by atoms with E-state index in [1.54, 1.807) is 0 Å². The highest BCUT2D eigenvalue weighted by atomic mass is 15.1. The molecule has 1 unspecified atom stereocenters. The predicted molar refractivity (Wildman–Crippen MR) is 62.6 cm³/mol. The Hall–Kier alpha value is -1.09. The van der Waals surface area contributed by atoms with Crippen LogP contribution in [-0.2, 0) is 0 Å². The topological polar surface area (TPSA) is 42.1 Å². The van der Waals surface area contributed by atoms with Crippen LogP contribution in [0.4, 0.5) is 5.82 Å². The number of hydrogen-bond donors (Lipinski definition) is 1. The van der Waals surface area contributed by atoms with Crippen molar-refractivity contribution in [2.24, 2.45) is 0 Å². The second-order valence-electron chi connectivity index (χ2n) is 4.40. The summed E-state index contributed by atoms with van der Waals surface area (Å²) in [6, 6.07) is 4.57. The van der Waals surface area contributed by atoms with Crippen molar-refractivity contribution < 1.29 is 0 Å². The maximum atomic E-state index is 5.67. The standard InChI is InChI=1S/C12H19N3/c1-9-10(6-7-12(13)14-9)11-5-3-4-8-15(11)2/h6-7,11H,3-5,8H2,1-2H3,(H2,13,14). The van der Waals surface area contributed by atoms with Crippen molar-refractivity contribution in [3.8, 4) is 0 Å². The molecule has 1 saturated heterocycles. The molecule has 2 heterocycles. The first kappa shape index (κ1) is 10.4. The van der Waals surface area contributed by atoms with Gasteiger partial charge in [0.15, 0.2) is 0 Å². The van der Waals surface area contributed by atoms with E-state index < -0.39 is 0 Å². The van der Waals surface area contributed by atoms with Crippen molar-refractivity contribution in [2.45, 2.75) is 32.2 Å². The molecule has 3 heteroatoms. The molecule has 0 bridgehead atoms. The van der Waals surface area contributed by atoms with Gasteiger partial charge < -0.3 is 5.73 Å². The van der Waals surface area contributed by atoms with E-state index >= 15 is 0 Å². The summed E-state index contributed by atoms with van der Waals surface area (Å²) in [5, 5.41) is 0. The largest absolute Gasteiger partial charge is 0.384 e. The third kappa shape index (κ3) is 2.12. The van der Waals surface area contributed by atoms with Gasteiger partial charge in [0, 0.05) is 11.7 Å². The molecule has 1 aromatic rings. The predicted octanol–water partition coefficient (Wildman–Crippen LogP) is 2.13. The van der Waals surface area contributed by atoms with Crippen LogP contribution in [0.25, 0.3) is 0 Å². The number of aromatic nitrogens is 1. The smallest absolute Gasteiger partial charge is 0.123 e. The maximum absolute atomic E-state index is 5.67. The van der Waals surface area contributed by atoms with Crippen LogP contribution >= 0.6 is 0 Å². The molecular weight excluding hydrogens is 186 g/mol. The highest BCUT2D eigenvalue weighted by Gasteiger charge is 2.22. The minimum Gasteiger partial charge on any atom is -0.384 e. The summed E-state index contributed by atoms with van der Waals surface area (Å²) in [6.07, 6.45) is 3.87. The Labute approximate surface area is 91.3 Å². The lowest BCUT2D eigenvalue weighted by atomic mass is 9.95. The zero-order valence-electron chi connectivity index (χ0n) is 9.53. The molecular formula is C12H19N3. The van der Waals surface area contributed by atoms with Gasteiger partial charge in [0.2, 0.25) is 0 Å². The molecule has 1 fully saturated rings. The molecule has 0 aromatic carbocycles. The van der Waals surface area contributed by atoms with Crippen LogP contribution in [0.15, 0.2) is 12.1 Å². The normalized spacial score (nSPS) is 22.9. The third-order valence-corrected chi connectivity index (χ3v) is 3.28. The number of likely N-dealkylation sites (tertiary alicyclic amines) is 1. The second kappa shape index (κ2) is 4.19. The summed E-state index contributed by atoms with van der Waals surface area (Å²) in [4.78, 5) is 6.75. The quantitative estimate of drug-likeness (QED) is 0.763. The van der Waals surface area contributed by atoms with Crippen molar-refractivity contribution in [3.63, 3.8) is 0 Å². The Balaban J connectivity index is 2.27. The molecule has 1 aliphatic heterocycles. The fraction of sp³-hybridized carbons (Fsp3) is 0.583. The highest BCUT2D eigenvalue weighted by molar-refractivity contribution is 5.35. The molecule has 0 spiro atoms. The van der Waals surface area contributed by atoms with Gasteiger partial charge in [0.1, 0.15) is 5.82 Å². The molecule has 1 atom stereocenters. The second-order valence-corrected chi connectivity index (χ2v) is 4.40. The molecule has 1 aliphatic rings. The number of nitrogens with zero attached hydrogens (tertiary/aromatic N) is 2. The number of nitrogen functional groups attached to an aromatic ring is 1. The van der Waals surface area contributed by atoms with E-state index in [-0.39, 0.29) is 0 Å². The van der Waals surface area contributed by atoms with Crippen molar-refractivity contribution in [3.05, 3.63) is 23.4 Å².